The second-order valence-electron chi connectivity index (χ2n) is 14.0. The van der Waals surface area contributed by atoms with Gasteiger partial charge in [0.25, 0.3) is 0 Å². The van der Waals surface area contributed by atoms with E-state index in [0.29, 0.717) is 0 Å². The van der Waals surface area contributed by atoms with E-state index in [-0.39, 0.29) is 0 Å². The number of nitrogens with zero attached hydrogens (tertiary/aromatic N) is 1. The summed E-state index contributed by atoms with van der Waals surface area (Å²) in [6.07, 6.45) is 0. The fourth-order valence-electron chi connectivity index (χ4n) is 8.41. The average molecular weight is 704 g/mol. The van der Waals surface area contributed by atoms with E-state index >= 15 is 0 Å². The van der Waals surface area contributed by atoms with Crippen LogP contribution < -0.4 is 4.90 Å². The molecule has 11 rings (SSSR count). The Labute approximate surface area is 317 Å². The van der Waals surface area contributed by atoms with E-state index in [0.717, 1.165) is 88.4 Å². The molecule has 0 radical (unpaired) electrons. The maximum absolute atomic E-state index is 7.07. The second kappa shape index (κ2) is 12.6. The minimum Gasteiger partial charge on any atom is -0.456 e. The number of benzene rings is 9. The summed E-state index contributed by atoms with van der Waals surface area (Å²) in [4.78, 5) is 2.38. The smallest absolute Gasteiger partial charge is 0.143 e. The molecule has 258 valence electrons. The lowest BCUT2D eigenvalue weighted by molar-refractivity contribution is 0.669. The highest BCUT2D eigenvalue weighted by Crippen LogP contribution is 2.50. The van der Waals surface area contributed by atoms with Crippen molar-refractivity contribution in [1.29, 1.82) is 0 Å². The Kier molecular flexibility index (Phi) is 7.17. The summed E-state index contributed by atoms with van der Waals surface area (Å²) in [5.41, 5.74) is 13.4. The first-order chi connectivity index (χ1) is 27.3. The van der Waals surface area contributed by atoms with Gasteiger partial charge in [-0.15, -0.1) is 0 Å². The molecule has 0 aliphatic carbocycles. The first-order valence-electron chi connectivity index (χ1n) is 18.7. The van der Waals surface area contributed by atoms with Crippen LogP contribution in [0.2, 0.25) is 0 Å². The van der Waals surface area contributed by atoms with Crippen LogP contribution in [0.3, 0.4) is 0 Å². The number of hydrogen-bond acceptors (Lipinski definition) is 3. The normalized spacial score (nSPS) is 11.6. The van der Waals surface area contributed by atoms with E-state index in [1.807, 2.05) is 12.1 Å². The first-order valence-corrected chi connectivity index (χ1v) is 18.7. The fourth-order valence-corrected chi connectivity index (χ4v) is 8.41. The van der Waals surface area contributed by atoms with E-state index in [1.165, 1.54) is 16.7 Å². The van der Waals surface area contributed by atoms with Crippen LogP contribution in [0.25, 0.3) is 88.0 Å². The zero-order valence-electron chi connectivity index (χ0n) is 29.8. The van der Waals surface area contributed by atoms with Gasteiger partial charge >= 0.3 is 0 Å². The highest BCUT2D eigenvalue weighted by Gasteiger charge is 2.25. The number of anilines is 3. The van der Waals surface area contributed by atoms with E-state index in [2.05, 4.69) is 193 Å². The third-order valence-electron chi connectivity index (χ3n) is 10.9. The van der Waals surface area contributed by atoms with Gasteiger partial charge in [0.2, 0.25) is 0 Å². The molecule has 0 unspecified atom stereocenters. The largest absolute Gasteiger partial charge is 0.456 e. The van der Waals surface area contributed by atoms with Crippen LogP contribution in [-0.4, -0.2) is 0 Å². The monoisotopic (exact) mass is 703 g/mol. The van der Waals surface area contributed by atoms with Gasteiger partial charge in [-0.25, -0.2) is 0 Å². The molecule has 3 heteroatoms. The van der Waals surface area contributed by atoms with E-state index in [1.54, 1.807) is 0 Å². The van der Waals surface area contributed by atoms with Gasteiger partial charge in [-0.1, -0.05) is 152 Å². The van der Waals surface area contributed by atoms with Crippen molar-refractivity contribution in [2.45, 2.75) is 0 Å². The summed E-state index contributed by atoms with van der Waals surface area (Å²) in [5.74, 6) is 0. The lowest BCUT2D eigenvalue weighted by Crippen LogP contribution is -2.10. The van der Waals surface area contributed by atoms with Crippen molar-refractivity contribution < 1.29 is 8.83 Å². The molecule has 0 saturated heterocycles. The van der Waals surface area contributed by atoms with Crippen molar-refractivity contribution in [2.75, 3.05) is 4.90 Å². The van der Waals surface area contributed by atoms with Gasteiger partial charge in [0.1, 0.15) is 22.3 Å². The molecular weight excluding hydrogens is 671 g/mol. The summed E-state index contributed by atoms with van der Waals surface area (Å²) >= 11 is 0. The molecule has 0 saturated carbocycles. The molecule has 2 aromatic heterocycles. The number of furan rings is 2. The second-order valence-corrected chi connectivity index (χ2v) is 14.0. The molecule has 3 nitrogen and oxygen atoms in total. The highest BCUT2D eigenvalue weighted by molar-refractivity contribution is 6.27. The van der Waals surface area contributed by atoms with Crippen LogP contribution in [0.4, 0.5) is 17.1 Å². The van der Waals surface area contributed by atoms with Crippen LogP contribution in [-0.2, 0) is 0 Å². The van der Waals surface area contributed by atoms with Gasteiger partial charge in [-0.05, 0) is 87.1 Å². The van der Waals surface area contributed by atoms with Gasteiger partial charge in [0.05, 0.1) is 22.1 Å². The summed E-state index contributed by atoms with van der Waals surface area (Å²) in [6, 6.07) is 70.8. The Morgan fingerprint density at radius 2 is 0.891 bits per heavy atom. The summed E-state index contributed by atoms with van der Waals surface area (Å²) in [7, 11) is 0. The number of hydrogen-bond donors (Lipinski definition) is 0. The molecule has 0 fully saturated rings. The zero-order chi connectivity index (χ0) is 36.3. The maximum atomic E-state index is 7.07. The van der Waals surface area contributed by atoms with Gasteiger partial charge < -0.3 is 13.7 Å². The molecular formula is C52H33NO2. The standard InChI is InChI=1S/C52H33NO2/c1-3-15-34(16-4-1)35-29-31-38(32-30-35)53(44-24-13-27-47-49(44)42-23-11-12-26-46(42)54-47)45-25-14-28-48-51(45)50-40-21-8-7-19-37(40)33-43(52(50)55-48)41-22-10-9-20-39(41)36-17-5-2-6-18-36/h1-33H. The minimum absolute atomic E-state index is 0.831. The summed E-state index contributed by atoms with van der Waals surface area (Å²) < 4.78 is 13.5. The van der Waals surface area contributed by atoms with Crippen molar-refractivity contribution in [3.05, 3.63) is 200 Å². The van der Waals surface area contributed by atoms with Crippen LogP contribution >= 0.6 is 0 Å². The maximum Gasteiger partial charge on any atom is 0.143 e. The van der Waals surface area contributed by atoms with Gasteiger partial charge in [0.15, 0.2) is 0 Å². The third-order valence-corrected chi connectivity index (χ3v) is 10.9. The molecule has 9 aromatic carbocycles. The Bertz CT molecular complexity index is 3190. The number of rotatable bonds is 6. The molecule has 2 heterocycles. The van der Waals surface area contributed by atoms with Crippen LogP contribution in [0, 0.1) is 0 Å². The molecule has 0 amide bonds. The van der Waals surface area contributed by atoms with Crippen LogP contribution in [0.1, 0.15) is 0 Å². The van der Waals surface area contributed by atoms with E-state index < -0.39 is 0 Å². The first kappa shape index (κ1) is 31.2. The van der Waals surface area contributed by atoms with Crippen molar-refractivity contribution >= 4 is 71.7 Å². The third kappa shape index (κ3) is 5.05. The Balaban J connectivity index is 1.23. The number of fused-ring (bicyclic) bond motifs is 8. The molecule has 0 bridgehead atoms. The van der Waals surface area contributed by atoms with Crippen molar-refractivity contribution in [2.24, 2.45) is 0 Å². The van der Waals surface area contributed by atoms with Crippen LogP contribution in [0.15, 0.2) is 209 Å². The molecule has 11 aromatic rings. The Hall–Kier alpha value is -7.36. The predicted octanol–water partition coefficient (Wildman–Crippen LogP) is 15.1. The Morgan fingerprint density at radius 1 is 0.327 bits per heavy atom. The van der Waals surface area contributed by atoms with Gasteiger partial charge in [-0.3, -0.25) is 0 Å². The average Bonchev–Trinajstić information content (AvgIpc) is 3.85. The van der Waals surface area contributed by atoms with Crippen molar-refractivity contribution in [3.63, 3.8) is 0 Å². The van der Waals surface area contributed by atoms with Crippen LogP contribution in [0.5, 0.6) is 0 Å². The molecule has 0 aliphatic heterocycles. The van der Waals surface area contributed by atoms with Gasteiger partial charge in [0, 0.05) is 22.0 Å². The SMILES string of the molecule is c1ccc(-c2ccc(N(c3cccc4oc5ccccc5c34)c3cccc4oc5c(-c6ccccc6-c6ccccc6)cc6ccccc6c5c34)cc2)cc1. The molecule has 0 N–H and O–H groups in total. The summed E-state index contributed by atoms with van der Waals surface area (Å²) in [5, 5.41) is 6.61. The summed E-state index contributed by atoms with van der Waals surface area (Å²) in [6.45, 7) is 0. The van der Waals surface area contributed by atoms with Crippen molar-refractivity contribution in [3.8, 4) is 33.4 Å². The molecule has 55 heavy (non-hydrogen) atoms. The predicted molar refractivity (Wildman–Crippen MR) is 229 cm³/mol. The molecule has 0 atom stereocenters. The van der Waals surface area contributed by atoms with E-state index in [9.17, 15) is 0 Å². The minimum atomic E-state index is 0.831. The van der Waals surface area contributed by atoms with Crippen molar-refractivity contribution in [1.82, 2.24) is 0 Å². The number of para-hydroxylation sites is 1. The lowest BCUT2D eigenvalue weighted by Gasteiger charge is -2.27. The van der Waals surface area contributed by atoms with Gasteiger partial charge in [-0.2, -0.15) is 0 Å². The molecule has 0 aliphatic rings. The lowest BCUT2D eigenvalue weighted by atomic mass is 9.91. The van der Waals surface area contributed by atoms with E-state index in [4.69, 9.17) is 8.83 Å². The fraction of sp³-hybridized carbons (Fsp3) is 0. The topological polar surface area (TPSA) is 29.5 Å². The Morgan fingerprint density at radius 3 is 1.65 bits per heavy atom. The quantitative estimate of drug-likeness (QED) is 0.173. The highest BCUT2D eigenvalue weighted by atomic mass is 16.3. The molecule has 0 spiro atoms. The zero-order valence-corrected chi connectivity index (χ0v) is 29.8.